The van der Waals surface area contributed by atoms with Gasteiger partial charge in [-0.2, -0.15) is 9.78 Å². The molecule has 1 aliphatic heterocycles. The van der Waals surface area contributed by atoms with Gasteiger partial charge >= 0.3 is 5.97 Å². The van der Waals surface area contributed by atoms with Gasteiger partial charge < -0.3 is 9.84 Å². The maximum atomic E-state index is 11.8. The summed E-state index contributed by atoms with van der Waals surface area (Å²) in [6.07, 6.45) is 9.58. The van der Waals surface area contributed by atoms with Gasteiger partial charge in [-0.15, -0.1) is 0 Å². The van der Waals surface area contributed by atoms with Crippen LogP contribution in [0, 0.1) is 23.2 Å². The monoisotopic (exact) mass is 308 g/mol. The summed E-state index contributed by atoms with van der Waals surface area (Å²) in [6.45, 7) is 0. The minimum atomic E-state index is -0.660. The zero-order valence-corrected chi connectivity index (χ0v) is 12.9. The van der Waals surface area contributed by atoms with Crippen molar-refractivity contribution in [1.29, 1.82) is 0 Å². The van der Waals surface area contributed by atoms with Crippen LogP contribution in [0.1, 0.15) is 64.2 Å². The first kappa shape index (κ1) is 13.8. The molecule has 0 aromatic heterocycles. The molecule has 0 aromatic rings. The molecule has 122 valence electrons. The van der Waals surface area contributed by atoms with Gasteiger partial charge in [-0.25, -0.2) is 0 Å². The summed E-state index contributed by atoms with van der Waals surface area (Å²) in [6, 6.07) is 0. The van der Waals surface area contributed by atoms with Crippen LogP contribution in [0.2, 0.25) is 0 Å². The van der Waals surface area contributed by atoms with Crippen LogP contribution in [-0.4, -0.2) is 22.7 Å². The van der Waals surface area contributed by atoms with Crippen molar-refractivity contribution in [2.75, 3.05) is 0 Å². The number of carboxylic acids is 1. The summed E-state index contributed by atoms with van der Waals surface area (Å²) in [5.41, 5.74) is -0.531. The maximum absolute atomic E-state index is 11.8. The topological polar surface area (TPSA) is 65.0 Å². The van der Waals surface area contributed by atoms with Crippen molar-refractivity contribution in [3.8, 4) is 0 Å². The lowest BCUT2D eigenvalue weighted by atomic mass is 9.47. The molecule has 1 N–H and O–H groups in total. The molecule has 0 radical (unpaired) electrons. The summed E-state index contributed by atoms with van der Waals surface area (Å²) in [4.78, 5) is 23.5. The number of ether oxygens (including phenoxy) is 1. The Kier molecular flexibility index (Phi) is 2.66. The number of carboxylic acid groups (broad SMARTS) is 1. The molecule has 6 rings (SSSR count). The SMILES string of the molecule is O=C(O)C12CC3C[C@H](C1)C1(OOC4(CCCCC4)O1)[C@@H](C3)C2. The molecule has 22 heavy (non-hydrogen) atoms. The second-order valence-corrected chi connectivity index (χ2v) is 8.39. The van der Waals surface area contributed by atoms with Crippen LogP contribution in [-0.2, 0) is 19.3 Å². The van der Waals surface area contributed by atoms with Gasteiger partial charge in [0.2, 0.25) is 11.6 Å². The Hall–Kier alpha value is -0.650. The van der Waals surface area contributed by atoms with Crippen molar-refractivity contribution in [2.45, 2.75) is 75.8 Å². The first-order chi connectivity index (χ1) is 10.6. The molecule has 5 nitrogen and oxygen atoms in total. The molecular weight excluding hydrogens is 284 g/mol. The van der Waals surface area contributed by atoms with Crippen LogP contribution in [0.25, 0.3) is 0 Å². The van der Waals surface area contributed by atoms with E-state index in [0.29, 0.717) is 18.8 Å². The zero-order valence-electron chi connectivity index (χ0n) is 12.9. The molecule has 5 aliphatic carbocycles. The molecular formula is C17H24O5. The average molecular weight is 308 g/mol. The van der Waals surface area contributed by atoms with Crippen molar-refractivity contribution in [3.63, 3.8) is 0 Å². The number of hydrogen-bond donors (Lipinski definition) is 1. The summed E-state index contributed by atoms with van der Waals surface area (Å²) >= 11 is 0. The van der Waals surface area contributed by atoms with E-state index in [1.165, 1.54) is 6.42 Å². The molecule has 0 amide bonds. The van der Waals surface area contributed by atoms with Crippen LogP contribution in [0.3, 0.4) is 0 Å². The molecule has 6 fully saturated rings. The Labute approximate surface area is 130 Å². The van der Waals surface area contributed by atoms with Crippen molar-refractivity contribution in [1.82, 2.24) is 0 Å². The minimum absolute atomic E-state index is 0.177. The minimum Gasteiger partial charge on any atom is -0.481 e. The van der Waals surface area contributed by atoms with Crippen LogP contribution in [0.15, 0.2) is 0 Å². The van der Waals surface area contributed by atoms with Crippen LogP contribution < -0.4 is 0 Å². The fraction of sp³-hybridized carbons (Fsp3) is 0.941. The largest absolute Gasteiger partial charge is 0.481 e. The van der Waals surface area contributed by atoms with E-state index in [1.807, 2.05) is 0 Å². The summed E-state index contributed by atoms with van der Waals surface area (Å²) in [7, 11) is 0. The van der Waals surface area contributed by atoms with Gasteiger partial charge in [-0.3, -0.25) is 4.79 Å². The van der Waals surface area contributed by atoms with E-state index in [-0.39, 0.29) is 11.8 Å². The quantitative estimate of drug-likeness (QED) is 0.753. The standard InChI is InChI=1S/C17H24O5/c18-14(19)15-8-11-6-12(9-15)17(13(7-11)10-15)20-16(21-22-17)4-2-1-3-5-16/h11-13H,1-10H2,(H,18,19)/t11?,12-,13+,15?,17?. The van der Waals surface area contributed by atoms with Gasteiger partial charge in [0, 0.05) is 24.7 Å². The number of hydrogen-bond acceptors (Lipinski definition) is 4. The van der Waals surface area contributed by atoms with Crippen LogP contribution in [0.5, 0.6) is 0 Å². The Morgan fingerprint density at radius 3 is 2.27 bits per heavy atom. The van der Waals surface area contributed by atoms with Crippen molar-refractivity contribution in [3.05, 3.63) is 0 Å². The second-order valence-electron chi connectivity index (χ2n) is 8.39. The first-order valence-electron chi connectivity index (χ1n) is 8.86. The second kappa shape index (κ2) is 4.25. The van der Waals surface area contributed by atoms with Gasteiger partial charge in [-0.1, -0.05) is 6.42 Å². The third kappa shape index (κ3) is 1.62. The molecule has 1 saturated heterocycles. The lowest BCUT2D eigenvalue weighted by Crippen LogP contribution is -2.64. The van der Waals surface area contributed by atoms with Gasteiger partial charge in [0.05, 0.1) is 5.41 Å². The predicted molar refractivity (Wildman–Crippen MR) is 75.4 cm³/mol. The van der Waals surface area contributed by atoms with E-state index < -0.39 is 23.0 Å². The zero-order chi connectivity index (χ0) is 15.0. The van der Waals surface area contributed by atoms with Crippen molar-refractivity contribution < 1.29 is 24.4 Å². The van der Waals surface area contributed by atoms with Crippen molar-refractivity contribution >= 4 is 5.97 Å². The van der Waals surface area contributed by atoms with E-state index >= 15 is 0 Å². The lowest BCUT2D eigenvalue weighted by Gasteiger charge is -2.60. The van der Waals surface area contributed by atoms with E-state index in [0.717, 1.165) is 44.9 Å². The molecule has 0 aromatic carbocycles. The molecule has 1 heterocycles. The first-order valence-corrected chi connectivity index (χ1v) is 8.86. The van der Waals surface area contributed by atoms with Crippen molar-refractivity contribution in [2.24, 2.45) is 23.2 Å². The smallest absolute Gasteiger partial charge is 0.309 e. The van der Waals surface area contributed by atoms with Crippen LogP contribution in [0.4, 0.5) is 0 Å². The van der Waals surface area contributed by atoms with Gasteiger partial charge in [-0.05, 0) is 50.9 Å². The van der Waals surface area contributed by atoms with E-state index in [2.05, 4.69) is 0 Å². The van der Waals surface area contributed by atoms with E-state index in [1.54, 1.807) is 0 Å². The molecule has 5 atom stereocenters. The molecule has 3 unspecified atom stereocenters. The molecule has 4 bridgehead atoms. The van der Waals surface area contributed by atoms with E-state index in [4.69, 9.17) is 14.5 Å². The highest BCUT2D eigenvalue weighted by Gasteiger charge is 2.71. The molecule has 5 saturated carbocycles. The van der Waals surface area contributed by atoms with Crippen LogP contribution >= 0.6 is 0 Å². The Balaban J connectivity index is 1.47. The molecule has 6 aliphatic rings. The third-order valence-corrected chi connectivity index (χ3v) is 7.07. The summed E-state index contributed by atoms with van der Waals surface area (Å²) in [5, 5.41) is 9.74. The third-order valence-electron chi connectivity index (χ3n) is 7.07. The lowest BCUT2D eigenvalue weighted by molar-refractivity contribution is -0.393. The average Bonchev–Trinajstić information content (AvgIpc) is 2.85. The highest BCUT2D eigenvalue weighted by Crippen LogP contribution is 2.67. The summed E-state index contributed by atoms with van der Waals surface area (Å²) in [5.74, 6) is -0.952. The number of carbonyl (C=O) groups is 1. The fourth-order valence-electron chi connectivity index (χ4n) is 6.23. The number of rotatable bonds is 1. The molecule has 2 spiro atoms. The normalized spacial score (nSPS) is 51.7. The predicted octanol–water partition coefficient (Wildman–Crippen LogP) is 3.23. The maximum Gasteiger partial charge on any atom is 0.309 e. The Morgan fingerprint density at radius 1 is 0.955 bits per heavy atom. The highest BCUT2D eigenvalue weighted by atomic mass is 17.3. The summed E-state index contributed by atoms with van der Waals surface area (Å²) < 4.78 is 6.54. The van der Waals surface area contributed by atoms with Gasteiger partial charge in [0.15, 0.2) is 0 Å². The highest BCUT2D eigenvalue weighted by molar-refractivity contribution is 5.75. The Morgan fingerprint density at radius 2 is 1.64 bits per heavy atom. The van der Waals surface area contributed by atoms with Gasteiger partial charge in [0.1, 0.15) is 0 Å². The van der Waals surface area contributed by atoms with E-state index in [9.17, 15) is 9.90 Å². The van der Waals surface area contributed by atoms with Gasteiger partial charge in [0.25, 0.3) is 0 Å². The number of aliphatic carboxylic acids is 1. The Bertz CT molecular complexity index is 493. The fourth-order valence-corrected chi connectivity index (χ4v) is 6.23. The molecule has 5 heteroatoms.